The van der Waals surface area contributed by atoms with Crippen LogP contribution in [-0.2, 0) is 6.54 Å². The van der Waals surface area contributed by atoms with Gasteiger partial charge in [0.2, 0.25) is 0 Å². The molecule has 0 radical (unpaired) electrons. The highest BCUT2D eigenvalue weighted by molar-refractivity contribution is 7.99. The van der Waals surface area contributed by atoms with Crippen molar-refractivity contribution in [3.05, 3.63) is 21.9 Å². The maximum absolute atomic E-state index is 10.7. The highest BCUT2D eigenvalue weighted by atomic mass is 32.2. The molecule has 2 N–H and O–H groups in total. The van der Waals surface area contributed by atoms with Crippen LogP contribution in [0.4, 0.5) is 0 Å². The molecule has 0 spiro atoms. The highest BCUT2D eigenvalue weighted by Gasteiger charge is 2.13. The summed E-state index contributed by atoms with van der Waals surface area (Å²) in [6, 6.07) is 1.76. The lowest BCUT2D eigenvalue weighted by Gasteiger charge is -2.21. The van der Waals surface area contributed by atoms with Crippen molar-refractivity contribution in [2.75, 3.05) is 18.1 Å². The minimum absolute atomic E-state index is 0.404. The molecule has 0 aliphatic carbocycles. The minimum Gasteiger partial charge on any atom is -0.478 e. The first-order chi connectivity index (χ1) is 8.25. The summed E-state index contributed by atoms with van der Waals surface area (Å²) >= 11 is 3.56. The van der Waals surface area contributed by atoms with Gasteiger partial charge >= 0.3 is 5.97 Å². The Hall–Kier alpha value is -0.520. The predicted molar refractivity (Wildman–Crippen MR) is 73.0 cm³/mol. The first-order valence-electron chi connectivity index (χ1n) is 5.85. The Balaban J connectivity index is 1.71. The molecule has 0 amide bonds. The summed E-state index contributed by atoms with van der Waals surface area (Å²) < 4.78 is 0. The summed E-state index contributed by atoms with van der Waals surface area (Å²) in [7, 11) is 0. The lowest BCUT2D eigenvalue weighted by Crippen LogP contribution is -2.25. The lowest BCUT2D eigenvalue weighted by molar-refractivity contribution is 0.0697. The number of aromatic carboxylic acids is 1. The number of rotatable bonds is 5. The van der Waals surface area contributed by atoms with E-state index in [1.807, 2.05) is 11.8 Å². The molecule has 0 saturated carbocycles. The fraction of sp³-hybridized carbons (Fsp3) is 0.583. The van der Waals surface area contributed by atoms with Crippen molar-refractivity contribution >= 4 is 29.1 Å². The zero-order valence-electron chi connectivity index (χ0n) is 9.65. The van der Waals surface area contributed by atoms with E-state index in [0.29, 0.717) is 5.56 Å². The van der Waals surface area contributed by atoms with Crippen molar-refractivity contribution in [1.82, 2.24) is 5.32 Å². The molecule has 2 heterocycles. The number of carboxylic acids is 1. The van der Waals surface area contributed by atoms with E-state index in [2.05, 4.69) is 5.32 Å². The van der Waals surface area contributed by atoms with E-state index >= 15 is 0 Å². The summed E-state index contributed by atoms with van der Waals surface area (Å²) in [5, 5.41) is 13.9. The molecule has 1 aliphatic heterocycles. The SMILES string of the molecule is O=C(O)c1csc(CNCC2CCSCC2)c1. The third-order valence-electron chi connectivity index (χ3n) is 2.97. The molecule has 1 fully saturated rings. The maximum atomic E-state index is 10.7. The molecule has 3 nitrogen and oxygen atoms in total. The van der Waals surface area contributed by atoms with Gasteiger partial charge in [0.25, 0.3) is 0 Å². The first-order valence-corrected chi connectivity index (χ1v) is 7.88. The second kappa shape index (κ2) is 6.42. The van der Waals surface area contributed by atoms with Crippen LogP contribution in [0.2, 0.25) is 0 Å². The van der Waals surface area contributed by atoms with Gasteiger partial charge in [0.1, 0.15) is 0 Å². The fourth-order valence-electron chi connectivity index (χ4n) is 1.94. The van der Waals surface area contributed by atoms with E-state index in [1.54, 1.807) is 11.4 Å². The van der Waals surface area contributed by atoms with Gasteiger partial charge in [-0.3, -0.25) is 0 Å². The molecule has 2 rings (SSSR count). The van der Waals surface area contributed by atoms with Crippen molar-refractivity contribution in [2.24, 2.45) is 5.92 Å². The van der Waals surface area contributed by atoms with Crippen molar-refractivity contribution in [1.29, 1.82) is 0 Å². The molecule has 0 aromatic carbocycles. The minimum atomic E-state index is -0.836. The molecule has 0 unspecified atom stereocenters. The van der Waals surface area contributed by atoms with Crippen LogP contribution in [0.5, 0.6) is 0 Å². The first kappa shape index (κ1) is 12.9. The summed E-state index contributed by atoms with van der Waals surface area (Å²) in [6.07, 6.45) is 2.62. The Labute approximate surface area is 110 Å². The molecular formula is C12H17NO2S2. The number of hydrogen-bond donors (Lipinski definition) is 2. The van der Waals surface area contributed by atoms with Crippen molar-refractivity contribution in [3.63, 3.8) is 0 Å². The quantitative estimate of drug-likeness (QED) is 0.864. The number of thiophene rings is 1. The summed E-state index contributed by atoms with van der Waals surface area (Å²) in [5.74, 6) is 2.54. The van der Waals surface area contributed by atoms with Crippen molar-refractivity contribution in [2.45, 2.75) is 19.4 Å². The van der Waals surface area contributed by atoms with Crippen LogP contribution in [0.15, 0.2) is 11.4 Å². The van der Waals surface area contributed by atoms with E-state index in [9.17, 15) is 4.79 Å². The van der Waals surface area contributed by atoms with Crippen LogP contribution in [-0.4, -0.2) is 29.1 Å². The van der Waals surface area contributed by atoms with Gasteiger partial charge in [-0.1, -0.05) is 0 Å². The molecular weight excluding hydrogens is 254 g/mol. The molecule has 1 saturated heterocycles. The molecule has 1 aliphatic rings. The van der Waals surface area contributed by atoms with Crippen LogP contribution < -0.4 is 5.32 Å². The van der Waals surface area contributed by atoms with Crippen LogP contribution in [0, 0.1) is 5.92 Å². The number of carboxylic acid groups (broad SMARTS) is 1. The zero-order chi connectivity index (χ0) is 12.1. The predicted octanol–water partition coefficient (Wildman–Crippen LogP) is 2.68. The monoisotopic (exact) mass is 271 g/mol. The summed E-state index contributed by atoms with van der Waals surface area (Å²) in [6.45, 7) is 1.85. The van der Waals surface area contributed by atoms with E-state index in [4.69, 9.17) is 5.11 Å². The number of nitrogens with one attached hydrogen (secondary N) is 1. The van der Waals surface area contributed by atoms with Gasteiger partial charge in [0.15, 0.2) is 0 Å². The topological polar surface area (TPSA) is 49.3 Å². The molecule has 5 heteroatoms. The van der Waals surface area contributed by atoms with E-state index in [1.165, 1.54) is 35.7 Å². The van der Waals surface area contributed by atoms with Crippen molar-refractivity contribution in [3.8, 4) is 0 Å². The Bertz CT molecular complexity index is 372. The van der Waals surface area contributed by atoms with Crippen LogP contribution in [0.25, 0.3) is 0 Å². The number of thioether (sulfide) groups is 1. The Kier molecular flexibility index (Phi) is 4.88. The Morgan fingerprint density at radius 3 is 2.88 bits per heavy atom. The lowest BCUT2D eigenvalue weighted by atomic mass is 10.0. The Morgan fingerprint density at radius 1 is 1.47 bits per heavy atom. The third kappa shape index (κ3) is 4.01. The number of hydrogen-bond acceptors (Lipinski definition) is 4. The van der Waals surface area contributed by atoms with Crippen LogP contribution >= 0.6 is 23.1 Å². The normalized spacial score (nSPS) is 17.2. The second-order valence-electron chi connectivity index (χ2n) is 4.29. The van der Waals surface area contributed by atoms with Crippen LogP contribution in [0.1, 0.15) is 28.1 Å². The number of carbonyl (C=O) groups is 1. The average Bonchev–Trinajstić information content (AvgIpc) is 2.79. The summed E-state index contributed by atoms with van der Waals surface area (Å²) in [5.41, 5.74) is 0.404. The van der Waals surface area contributed by atoms with Gasteiger partial charge in [-0.05, 0) is 42.9 Å². The summed E-state index contributed by atoms with van der Waals surface area (Å²) in [4.78, 5) is 11.8. The van der Waals surface area contributed by atoms with Gasteiger partial charge in [-0.25, -0.2) is 4.79 Å². The van der Waals surface area contributed by atoms with Gasteiger partial charge in [-0.2, -0.15) is 11.8 Å². The molecule has 0 bridgehead atoms. The van der Waals surface area contributed by atoms with Gasteiger partial charge in [-0.15, -0.1) is 11.3 Å². The van der Waals surface area contributed by atoms with E-state index in [0.717, 1.165) is 23.9 Å². The second-order valence-corrected chi connectivity index (χ2v) is 6.51. The fourth-order valence-corrected chi connectivity index (χ4v) is 3.97. The highest BCUT2D eigenvalue weighted by Crippen LogP contribution is 2.22. The van der Waals surface area contributed by atoms with E-state index in [-0.39, 0.29) is 0 Å². The largest absolute Gasteiger partial charge is 0.478 e. The molecule has 0 atom stereocenters. The smallest absolute Gasteiger partial charge is 0.336 e. The molecule has 1 aromatic rings. The maximum Gasteiger partial charge on any atom is 0.336 e. The van der Waals surface area contributed by atoms with Crippen molar-refractivity contribution < 1.29 is 9.90 Å². The molecule has 94 valence electrons. The third-order valence-corrected chi connectivity index (χ3v) is 4.96. The standard InChI is InChI=1S/C12H17NO2S2/c14-12(15)10-5-11(17-8-10)7-13-6-9-1-3-16-4-2-9/h5,8-9,13H,1-4,6-7H2,(H,14,15). The van der Waals surface area contributed by atoms with Crippen LogP contribution in [0.3, 0.4) is 0 Å². The zero-order valence-corrected chi connectivity index (χ0v) is 11.3. The molecule has 17 heavy (non-hydrogen) atoms. The van der Waals surface area contributed by atoms with E-state index < -0.39 is 5.97 Å². The molecule has 1 aromatic heterocycles. The van der Waals surface area contributed by atoms with Gasteiger partial charge < -0.3 is 10.4 Å². The average molecular weight is 271 g/mol. The Morgan fingerprint density at radius 2 is 2.24 bits per heavy atom. The van der Waals surface area contributed by atoms with Gasteiger partial charge in [0, 0.05) is 16.8 Å². The van der Waals surface area contributed by atoms with Gasteiger partial charge in [0.05, 0.1) is 5.56 Å².